The largest absolute Gasteiger partial charge is 0.497 e. The summed E-state index contributed by atoms with van der Waals surface area (Å²) >= 11 is 7.38. The number of halogens is 1. The van der Waals surface area contributed by atoms with Crippen molar-refractivity contribution in [2.24, 2.45) is 0 Å². The maximum absolute atomic E-state index is 12.4. The Balaban J connectivity index is 1.77. The van der Waals surface area contributed by atoms with E-state index in [0.29, 0.717) is 15.9 Å². The SMILES string of the molecule is COc1ccc(NC(=O)CSc2nnc(C(C)N(C)C)n2-c2ccc(Cl)cc2)cc1. The molecule has 158 valence electrons. The number of methoxy groups -OCH3 is 1. The number of rotatable bonds is 8. The molecule has 1 aromatic heterocycles. The molecule has 1 N–H and O–H groups in total. The zero-order valence-electron chi connectivity index (χ0n) is 17.3. The molecule has 0 aliphatic rings. The van der Waals surface area contributed by atoms with Crippen LogP contribution in [0.1, 0.15) is 18.8 Å². The molecule has 0 aliphatic carbocycles. The van der Waals surface area contributed by atoms with Crippen LogP contribution in [0.2, 0.25) is 5.02 Å². The van der Waals surface area contributed by atoms with E-state index >= 15 is 0 Å². The number of thioether (sulfide) groups is 1. The fraction of sp³-hybridized carbons (Fsp3) is 0.286. The fourth-order valence-electron chi connectivity index (χ4n) is 2.71. The molecule has 0 saturated heterocycles. The molecule has 30 heavy (non-hydrogen) atoms. The minimum Gasteiger partial charge on any atom is -0.497 e. The Kier molecular flexibility index (Phi) is 7.36. The molecule has 1 amide bonds. The molecule has 0 saturated carbocycles. The van der Waals surface area contributed by atoms with Crippen LogP contribution in [-0.4, -0.2) is 52.5 Å². The van der Waals surface area contributed by atoms with Gasteiger partial charge < -0.3 is 10.1 Å². The Morgan fingerprint density at radius 3 is 2.43 bits per heavy atom. The van der Waals surface area contributed by atoms with E-state index in [9.17, 15) is 4.79 Å². The fourth-order valence-corrected chi connectivity index (χ4v) is 3.60. The standard InChI is InChI=1S/C21H24ClN5O2S/c1-14(26(2)3)20-24-25-21(27(20)17-9-5-15(22)6-10-17)30-13-19(28)23-16-7-11-18(29-4)12-8-16/h5-12,14H,13H2,1-4H3,(H,23,28). The summed E-state index contributed by atoms with van der Waals surface area (Å²) in [6.45, 7) is 2.06. The normalized spacial score (nSPS) is 12.1. The van der Waals surface area contributed by atoms with Gasteiger partial charge in [0.1, 0.15) is 5.75 Å². The van der Waals surface area contributed by atoms with Gasteiger partial charge in [-0.05, 0) is 69.6 Å². The molecule has 0 spiro atoms. The number of carbonyl (C=O) groups excluding carboxylic acids is 1. The number of nitrogens with zero attached hydrogens (tertiary/aromatic N) is 4. The second-order valence-electron chi connectivity index (χ2n) is 6.86. The molecule has 1 atom stereocenters. The molecule has 0 bridgehead atoms. The third-order valence-corrected chi connectivity index (χ3v) is 5.78. The van der Waals surface area contributed by atoms with Crippen LogP contribution in [0.25, 0.3) is 5.69 Å². The number of aromatic nitrogens is 3. The third-order valence-electron chi connectivity index (χ3n) is 4.60. The zero-order valence-corrected chi connectivity index (χ0v) is 18.9. The predicted molar refractivity (Wildman–Crippen MR) is 121 cm³/mol. The lowest BCUT2D eigenvalue weighted by molar-refractivity contribution is -0.113. The van der Waals surface area contributed by atoms with Gasteiger partial charge in [-0.3, -0.25) is 14.3 Å². The van der Waals surface area contributed by atoms with Gasteiger partial charge in [0, 0.05) is 16.4 Å². The molecule has 9 heteroatoms. The average molecular weight is 446 g/mol. The van der Waals surface area contributed by atoms with Crippen molar-refractivity contribution in [2.45, 2.75) is 18.1 Å². The Labute approximate surface area is 185 Å². The van der Waals surface area contributed by atoms with Crippen molar-refractivity contribution in [1.29, 1.82) is 0 Å². The van der Waals surface area contributed by atoms with Crippen LogP contribution in [0.15, 0.2) is 53.7 Å². The van der Waals surface area contributed by atoms with Crippen molar-refractivity contribution >= 4 is 35.0 Å². The van der Waals surface area contributed by atoms with E-state index in [-0.39, 0.29) is 17.7 Å². The molecule has 7 nitrogen and oxygen atoms in total. The number of anilines is 1. The van der Waals surface area contributed by atoms with Gasteiger partial charge in [-0.2, -0.15) is 0 Å². The molecule has 2 aromatic carbocycles. The maximum Gasteiger partial charge on any atom is 0.234 e. The molecule has 3 aromatic rings. The van der Waals surface area contributed by atoms with Crippen LogP contribution in [0.3, 0.4) is 0 Å². The first kappa shape index (κ1) is 22.1. The lowest BCUT2D eigenvalue weighted by Crippen LogP contribution is -2.21. The summed E-state index contributed by atoms with van der Waals surface area (Å²) in [5.41, 5.74) is 1.61. The van der Waals surface area contributed by atoms with Gasteiger partial charge in [0.2, 0.25) is 5.91 Å². The lowest BCUT2D eigenvalue weighted by Gasteiger charge is -2.20. The highest BCUT2D eigenvalue weighted by Crippen LogP contribution is 2.27. The number of ether oxygens (including phenoxy) is 1. The number of carbonyl (C=O) groups is 1. The first-order chi connectivity index (χ1) is 14.4. The summed E-state index contributed by atoms with van der Waals surface area (Å²) in [5, 5.41) is 12.9. The van der Waals surface area contributed by atoms with E-state index in [1.165, 1.54) is 11.8 Å². The summed E-state index contributed by atoms with van der Waals surface area (Å²) in [5.74, 6) is 1.60. The molecular weight excluding hydrogens is 422 g/mol. The Bertz CT molecular complexity index is 990. The van der Waals surface area contributed by atoms with Gasteiger partial charge >= 0.3 is 0 Å². The average Bonchev–Trinajstić information content (AvgIpc) is 3.16. The molecule has 3 rings (SSSR count). The van der Waals surface area contributed by atoms with Crippen molar-refractivity contribution in [3.63, 3.8) is 0 Å². The van der Waals surface area contributed by atoms with Crippen LogP contribution in [0, 0.1) is 0 Å². The third kappa shape index (κ3) is 5.33. The van der Waals surface area contributed by atoms with Crippen molar-refractivity contribution in [3.05, 3.63) is 59.4 Å². The van der Waals surface area contributed by atoms with Crippen molar-refractivity contribution < 1.29 is 9.53 Å². The Hall–Kier alpha value is -2.55. The highest BCUT2D eigenvalue weighted by molar-refractivity contribution is 7.99. The van der Waals surface area contributed by atoms with Gasteiger partial charge in [-0.1, -0.05) is 23.4 Å². The topological polar surface area (TPSA) is 72.3 Å². The number of hydrogen-bond acceptors (Lipinski definition) is 6. The maximum atomic E-state index is 12.4. The van der Waals surface area contributed by atoms with Crippen LogP contribution in [0.4, 0.5) is 5.69 Å². The molecular formula is C21H24ClN5O2S. The minimum atomic E-state index is -0.127. The van der Waals surface area contributed by atoms with E-state index in [4.69, 9.17) is 16.3 Å². The Morgan fingerprint density at radius 1 is 1.17 bits per heavy atom. The summed E-state index contributed by atoms with van der Waals surface area (Å²) < 4.78 is 7.10. The molecule has 0 radical (unpaired) electrons. The minimum absolute atomic E-state index is 0.0376. The molecule has 1 heterocycles. The van der Waals surface area contributed by atoms with Crippen molar-refractivity contribution in [1.82, 2.24) is 19.7 Å². The van der Waals surface area contributed by atoms with Crippen LogP contribution in [0.5, 0.6) is 5.75 Å². The number of nitrogens with one attached hydrogen (secondary N) is 1. The summed E-state index contributed by atoms with van der Waals surface area (Å²) in [6, 6.07) is 14.7. The van der Waals surface area contributed by atoms with Crippen LogP contribution < -0.4 is 10.1 Å². The van der Waals surface area contributed by atoms with E-state index in [1.54, 1.807) is 31.4 Å². The summed E-state index contributed by atoms with van der Waals surface area (Å²) in [7, 11) is 5.58. The van der Waals surface area contributed by atoms with Gasteiger partial charge in [-0.25, -0.2) is 0 Å². The van der Waals surface area contributed by atoms with E-state index < -0.39 is 0 Å². The van der Waals surface area contributed by atoms with Gasteiger partial charge in [0.15, 0.2) is 11.0 Å². The number of hydrogen-bond donors (Lipinski definition) is 1. The summed E-state index contributed by atoms with van der Waals surface area (Å²) in [4.78, 5) is 14.5. The van der Waals surface area contributed by atoms with E-state index in [2.05, 4.69) is 27.3 Å². The van der Waals surface area contributed by atoms with Crippen molar-refractivity contribution in [3.8, 4) is 11.4 Å². The zero-order chi connectivity index (χ0) is 21.7. The van der Waals surface area contributed by atoms with E-state index in [1.807, 2.05) is 42.9 Å². The number of benzene rings is 2. The molecule has 0 fully saturated rings. The Morgan fingerprint density at radius 2 is 1.83 bits per heavy atom. The lowest BCUT2D eigenvalue weighted by atomic mass is 10.2. The van der Waals surface area contributed by atoms with Crippen LogP contribution >= 0.6 is 23.4 Å². The smallest absolute Gasteiger partial charge is 0.234 e. The second kappa shape index (κ2) is 9.97. The first-order valence-electron chi connectivity index (χ1n) is 9.33. The highest BCUT2D eigenvalue weighted by atomic mass is 35.5. The number of amides is 1. The molecule has 0 aliphatic heterocycles. The quantitative estimate of drug-likeness (QED) is 0.521. The van der Waals surface area contributed by atoms with E-state index in [0.717, 1.165) is 17.3 Å². The van der Waals surface area contributed by atoms with Gasteiger partial charge in [0.25, 0.3) is 0 Å². The van der Waals surface area contributed by atoms with Gasteiger partial charge in [-0.15, -0.1) is 10.2 Å². The predicted octanol–water partition coefficient (Wildman–Crippen LogP) is 4.28. The first-order valence-corrected chi connectivity index (χ1v) is 10.7. The highest BCUT2D eigenvalue weighted by Gasteiger charge is 2.21. The molecule has 1 unspecified atom stereocenters. The van der Waals surface area contributed by atoms with Crippen LogP contribution in [-0.2, 0) is 4.79 Å². The van der Waals surface area contributed by atoms with Crippen molar-refractivity contribution in [2.75, 3.05) is 32.3 Å². The van der Waals surface area contributed by atoms with Gasteiger partial charge in [0.05, 0.1) is 18.9 Å². The monoisotopic (exact) mass is 445 g/mol. The summed E-state index contributed by atoms with van der Waals surface area (Å²) in [6.07, 6.45) is 0. The second-order valence-corrected chi connectivity index (χ2v) is 8.24.